The van der Waals surface area contributed by atoms with E-state index >= 15 is 0 Å². The molecule has 3 atom stereocenters. The molecule has 12 heavy (non-hydrogen) atoms. The second kappa shape index (κ2) is 2.05. The molecule has 0 N–H and O–H groups in total. The van der Waals surface area contributed by atoms with Crippen molar-refractivity contribution in [3.8, 4) is 0 Å². The van der Waals surface area contributed by atoms with Gasteiger partial charge in [0.05, 0.1) is 0 Å². The third-order valence-corrected chi connectivity index (χ3v) is 4.90. The summed E-state index contributed by atoms with van der Waals surface area (Å²) < 4.78 is 0. The quantitative estimate of drug-likeness (QED) is 0.483. The predicted molar refractivity (Wildman–Crippen MR) is 49.6 cm³/mol. The fourth-order valence-electron chi connectivity index (χ4n) is 3.36. The maximum absolute atomic E-state index is 7.18. The van der Waals surface area contributed by atoms with Crippen LogP contribution in [-0.4, -0.2) is 6.04 Å². The second-order valence-electron chi connectivity index (χ2n) is 5.26. The molecule has 2 rings (SSSR count). The van der Waals surface area contributed by atoms with Crippen molar-refractivity contribution in [2.24, 2.45) is 16.7 Å². The van der Waals surface area contributed by atoms with E-state index in [9.17, 15) is 0 Å². The molecule has 2 aliphatic rings. The zero-order chi connectivity index (χ0) is 8.98. The molecule has 0 spiro atoms. The Morgan fingerprint density at radius 1 is 1.33 bits per heavy atom. The SMILES string of the molecule is [C-]#[N+]C1CC2CCC1(C)C2(C)C. The van der Waals surface area contributed by atoms with Crippen molar-refractivity contribution in [1.82, 2.24) is 0 Å². The lowest BCUT2D eigenvalue weighted by Crippen LogP contribution is -2.33. The summed E-state index contributed by atoms with van der Waals surface area (Å²) >= 11 is 0. The molecule has 0 saturated heterocycles. The van der Waals surface area contributed by atoms with Crippen molar-refractivity contribution >= 4 is 0 Å². The summed E-state index contributed by atoms with van der Waals surface area (Å²) in [6.45, 7) is 14.2. The number of nitrogens with zero attached hydrogens (tertiary/aromatic N) is 1. The molecule has 0 amide bonds. The first-order chi connectivity index (χ1) is 5.52. The van der Waals surface area contributed by atoms with E-state index in [-0.39, 0.29) is 0 Å². The summed E-state index contributed by atoms with van der Waals surface area (Å²) in [7, 11) is 0. The molecule has 2 bridgehead atoms. The third-order valence-electron chi connectivity index (χ3n) is 4.90. The molecule has 66 valence electrons. The van der Waals surface area contributed by atoms with E-state index in [0.717, 1.165) is 12.3 Å². The van der Waals surface area contributed by atoms with Crippen LogP contribution in [0.15, 0.2) is 0 Å². The monoisotopic (exact) mass is 163 g/mol. The van der Waals surface area contributed by atoms with E-state index in [2.05, 4.69) is 25.6 Å². The van der Waals surface area contributed by atoms with Gasteiger partial charge in [0.25, 0.3) is 0 Å². The van der Waals surface area contributed by atoms with Gasteiger partial charge in [-0.05, 0) is 24.2 Å². The Morgan fingerprint density at radius 2 is 2.00 bits per heavy atom. The molecule has 2 aliphatic carbocycles. The van der Waals surface area contributed by atoms with Crippen LogP contribution in [0.4, 0.5) is 0 Å². The maximum atomic E-state index is 7.18. The molecule has 0 aromatic carbocycles. The molecule has 0 aromatic heterocycles. The molecular weight excluding hydrogens is 146 g/mol. The summed E-state index contributed by atoms with van der Waals surface area (Å²) in [5.74, 6) is 0.821. The zero-order valence-corrected chi connectivity index (χ0v) is 8.22. The fourth-order valence-corrected chi connectivity index (χ4v) is 3.36. The lowest BCUT2D eigenvalue weighted by molar-refractivity contribution is 0.147. The number of rotatable bonds is 0. The highest BCUT2D eigenvalue weighted by molar-refractivity contribution is 5.16. The molecule has 0 heterocycles. The van der Waals surface area contributed by atoms with E-state index in [1.54, 1.807) is 0 Å². The molecule has 0 aromatic rings. The molecule has 2 fully saturated rings. The van der Waals surface area contributed by atoms with E-state index in [0.29, 0.717) is 16.9 Å². The van der Waals surface area contributed by atoms with E-state index in [1.807, 2.05) is 0 Å². The van der Waals surface area contributed by atoms with E-state index in [4.69, 9.17) is 6.57 Å². The van der Waals surface area contributed by atoms with E-state index in [1.165, 1.54) is 12.8 Å². The molecule has 1 nitrogen and oxygen atoms in total. The van der Waals surface area contributed by atoms with Crippen molar-refractivity contribution in [2.75, 3.05) is 0 Å². The predicted octanol–water partition coefficient (Wildman–Crippen LogP) is 3.12. The van der Waals surface area contributed by atoms with Gasteiger partial charge >= 0.3 is 0 Å². The van der Waals surface area contributed by atoms with Crippen LogP contribution in [0.5, 0.6) is 0 Å². The summed E-state index contributed by atoms with van der Waals surface area (Å²) in [4.78, 5) is 3.79. The topological polar surface area (TPSA) is 4.36 Å². The third kappa shape index (κ3) is 0.648. The second-order valence-corrected chi connectivity index (χ2v) is 5.26. The largest absolute Gasteiger partial charge is 0.313 e. The van der Waals surface area contributed by atoms with Gasteiger partial charge < -0.3 is 4.85 Å². The molecular formula is C11H17N. The van der Waals surface area contributed by atoms with Crippen molar-refractivity contribution in [1.29, 1.82) is 0 Å². The van der Waals surface area contributed by atoms with Gasteiger partial charge in [0.1, 0.15) is 0 Å². The minimum absolute atomic E-state index is 0.311. The Labute approximate surface area is 75.0 Å². The van der Waals surface area contributed by atoms with Gasteiger partial charge in [0.2, 0.25) is 6.04 Å². The minimum Gasteiger partial charge on any atom is -0.313 e. The molecule has 2 saturated carbocycles. The van der Waals surface area contributed by atoms with Crippen molar-refractivity contribution < 1.29 is 0 Å². The highest BCUT2D eigenvalue weighted by Crippen LogP contribution is 2.66. The molecule has 0 aliphatic heterocycles. The lowest BCUT2D eigenvalue weighted by atomic mass is 9.69. The Balaban J connectivity index is 2.41. The summed E-state index contributed by atoms with van der Waals surface area (Å²) in [6, 6.07) is 0.311. The fraction of sp³-hybridized carbons (Fsp3) is 0.909. The normalized spacial score (nSPS) is 49.2. The lowest BCUT2D eigenvalue weighted by Gasteiger charge is -2.33. The summed E-state index contributed by atoms with van der Waals surface area (Å²) in [5.41, 5.74) is 0.738. The van der Waals surface area contributed by atoms with Crippen LogP contribution >= 0.6 is 0 Å². The van der Waals surface area contributed by atoms with Crippen molar-refractivity contribution in [3.05, 3.63) is 11.4 Å². The van der Waals surface area contributed by atoms with Crippen molar-refractivity contribution in [2.45, 2.75) is 46.1 Å². The first kappa shape index (κ1) is 8.10. The summed E-state index contributed by atoms with van der Waals surface area (Å²) in [5, 5.41) is 0. The Morgan fingerprint density at radius 3 is 2.25 bits per heavy atom. The van der Waals surface area contributed by atoms with Gasteiger partial charge in [-0.25, -0.2) is 6.57 Å². The van der Waals surface area contributed by atoms with Gasteiger partial charge in [-0.2, -0.15) is 0 Å². The van der Waals surface area contributed by atoms with Crippen molar-refractivity contribution in [3.63, 3.8) is 0 Å². The maximum Gasteiger partial charge on any atom is 0.229 e. The minimum atomic E-state index is 0.311. The molecule has 1 heteroatoms. The Hall–Kier alpha value is -0.510. The number of fused-ring (bicyclic) bond motifs is 2. The average molecular weight is 163 g/mol. The van der Waals surface area contributed by atoms with Crippen LogP contribution in [-0.2, 0) is 0 Å². The molecule has 0 radical (unpaired) electrons. The first-order valence-electron chi connectivity index (χ1n) is 4.89. The smallest absolute Gasteiger partial charge is 0.229 e. The molecule has 3 unspecified atom stereocenters. The van der Waals surface area contributed by atoms with Crippen LogP contribution in [0, 0.1) is 23.3 Å². The van der Waals surface area contributed by atoms with Crippen LogP contribution in [0.1, 0.15) is 40.0 Å². The van der Waals surface area contributed by atoms with Gasteiger partial charge in [0.15, 0.2) is 0 Å². The van der Waals surface area contributed by atoms with Gasteiger partial charge in [-0.15, -0.1) is 0 Å². The van der Waals surface area contributed by atoms with Crippen LogP contribution < -0.4 is 0 Å². The van der Waals surface area contributed by atoms with Crippen LogP contribution in [0.25, 0.3) is 4.85 Å². The highest BCUT2D eigenvalue weighted by Gasteiger charge is 2.65. The van der Waals surface area contributed by atoms with E-state index < -0.39 is 0 Å². The van der Waals surface area contributed by atoms with Gasteiger partial charge in [-0.1, -0.05) is 20.8 Å². The van der Waals surface area contributed by atoms with Gasteiger partial charge in [0, 0.05) is 11.8 Å². The standard InChI is InChI=1S/C11H17N/c1-10(2)8-5-6-11(10,3)9(7-8)12-4/h8-9H,5-7H2,1-3H3. The van der Waals surface area contributed by atoms with Crippen LogP contribution in [0.2, 0.25) is 0 Å². The number of hydrogen-bond donors (Lipinski definition) is 0. The highest BCUT2D eigenvalue weighted by atomic mass is 14.8. The Kier molecular flexibility index (Phi) is 1.38. The average Bonchev–Trinajstić information content (AvgIpc) is 2.34. The summed E-state index contributed by atoms with van der Waals surface area (Å²) in [6.07, 6.45) is 3.79. The van der Waals surface area contributed by atoms with Gasteiger partial charge in [-0.3, -0.25) is 0 Å². The Bertz CT molecular complexity index is 248. The zero-order valence-electron chi connectivity index (χ0n) is 8.22. The number of hydrogen-bond acceptors (Lipinski definition) is 0. The van der Waals surface area contributed by atoms with Crippen LogP contribution in [0.3, 0.4) is 0 Å². The first-order valence-corrected chi connectivity index (χ1v) is 4.89.